The van der Waals surface area contributed by atoms with E-state index in [4.69, 9.17) is 20.1 Å². The van der Waals surface area contributed by atoms with Gasteiger partial charge in [-0.3, -0.25) is 0 Å². The number of ether oxygens (including phenoxy) is 1. The van der Waals surface area contributed by atoms with Gasteiger partial charge < -0.3 is 29.9 Å². The van der Waals surface area contributed by atoms with Crippen LogP contribution in [-0.4, -0.2) is 89.2 Å². The quantitative estimate of drug-likeness (QED) is 0.538. The van der Waals surface area contributed by atoms with Crippen molar-refractivity contribution in [1.82, 2.24) is 9.80 Å². The van der Waals surface area contributed by atoms with Gasteiger partial charge in [-0.25, -0.2) is 9.59 Å². The summed E-state index contributed by atoms with van der Waals surface area (Å²) in [6, 6.07) is -0.396. The maximum atomic E-state index is 12.0. The highest BCUT2D eigenvalue weighted by molar-refractivity contribution is 5.77. The van der Waals surface area contributed by atoms with Crippen LogP contribution in [-0.2, 0) is 9.53 Å². The van der Waals surface area contributed by atoms with Gasteiger partial charge in [0, 0.05) is 19.6 Å². The van der Waals surface area contributed by atoms with Crippen molar-refractivity contribution in [2.75, 3.05) is 46.0 Å². The lowest BCUT2D eigenvalue weighted by Crippen LogP contribution is -2.53. The molecule has 0 bridgehead atoms. The Hall–Kier alpha value is -1.38. The van der Waals surface area contributed by atoms with Gasteiger partial charge in [0.15, 0.2) is 6.10 Å². The van der Waals surface area contributed by atoms with E-state index >= 15 is 0 Å². The SMILES string of the molecule is O=C(O)C1CN(C(=O)N(CCO)CCO)CCO1. The fourth-order valence-electron chi connectivity index (χ4n) is 1.72. The van der Waals surface area contributed by atoms with Gasteiger partial charge >= 0.3 is 12.0 Å². The molecule has 0 radical (unpaired) electrons. The van der Waals surface area contributed by atoms with Crippen LogP contribution < -0.4 is 0 Å². The topological polar surface area (TPSA) is 111 Å². The summed E-state index contributed by atoms with van der Waals surface area (Å²) in [6.45, 7) is 0.228. The number of hydrogen-bond acceptors (Lipinski definition) is 5. The van der Waals surface area contributed by atoms with E-state index in [9.17, 15) is 9.59 Å². The number of nitrogens with zero attached hydrogens (tertiary/aromatic N) is 2. The number of carboxylic acid groups (broad SMARTS) is 1. The average molecular weight is 262 g/mol. The van der Waals surface area contributed by atoms with E-state index in [0.717, 1.165) is 0 Å². The molecule has 1 unspecified atom stereocenters. The van der Waals surface area contributed by atoms with Crippen LogP contribution in [0.2, 0.25) is 0 Å². The van der Waals surface area contributed by atoms with Crippen LogP contribution in [0.5, 0.6) is 0 Å². The third-order valence-corrected chi connectivity index (χ3v) is 2.62. The van der Waals surface area contributed by atoms with Crippen molar-refractivity contribution < 1.29 is 29.6 Å². The smallest absolute Gasteiger partial charge is 0.334 e. The van der Waals surface area contributed by atoms with Crippen LogP contribution in [0, 0.1) is 0 Å². The van der Waals surface area contributed by atoms with E-state index in [1.54, 1.807) is 0 Å². The summed E-state index contributed by atoms with van der Waals surface area (Å²) in [7, 11) is 0. The number of morpholine rings is 1. The first-order chi connectivity index (χ1) is 8.60. The molecular formula is C10H18N2O6. The van der Waals surface area contributed by atoms with Crippen LogP contribution in [0.4, 0.5) is 4.79 Å². The Labute approximate surface area is 104 Å². The van der Waals surface area contributed by atoms with Crippen molar-refractivity contribution in [2.45, 2.75) is 6.10 Å². The number of aliphatic hydroxyl groups excluding tert-OH is 2. The molecule has 1 aliphatic heterocycles. The van der Waals surface area contributed by atoms with Gasteiger partial charge in [0.2, 0.25) is 0 Å². The molecule has 8 nitrogen and oxygen atoms in total. The van der Waals surface area contributed by atoms with E-state index in [2.05, 4.69) is 0 Å². The molecule has 0 saturated carbocycles. The molecule has 1 saturated heterocycles. The molecule has 8 heteroatoms. The largest absolute Gasteiger partial charge is 0.479 e. The van der Waals surface area contributed by atoms with Crippen molar-refractivity contribution in [1.29, 1.82) is 0 Å². The molecule has 0 aromatic rings. The minimum Gasteiger partial charge on any atom is -0.479 e. The van der Waals surface area contributed by atoms with Gasteiger partial charge in [-0.1, -0.05) is 0 Å². The zero-order chi connectivity index (χ0) is 13.5. The number of amides is 2. The summed E-state index contributed by atoms with van der Waals surface area (Å²) in [4.78, 5) is 25.5. The number of rotatable bonds is 5. The second-order valence-corrected chi connectivity index (χ2v) is 3.86. The van der Waals surface area contributed by atoms with Gasteiger partial charge in [-0.2, -0.15) is 0 Å². The van der Waals surface area contributed by atoms with E-state index in [-0.39, 0.29) is 39.5 Å². The minimum absolute atomic E-state index is 0.0263. The molecule has 0 spiro atoms. The highest BCUT2D eigenvalue weighted by atomic mass is 16.5. The van der Waals surface area contributed by atoms with E-state index < -0.39 is 18.1 Å². The molecule has 1 heterocycles. The summed E-state index contributed by atoms with van der Waals surface area (Å²) in [5.41, 5.74) is 0. The van der Waals surface area contributed by atoms with Crippen molar-refractivity contribution in [3.8, 4) is 0 Å². The Kier molecular flexibility index (Phi) is 5.83. The zero-order valence-corrected chi connectivity index (χ0v) is 9.99. The normalized spacial score (nSPS) is 19.7. The Morgan fingerprint density at radius 1 is 1.28 bits per heavy atom. The molecule has 0 aliphatic carbocycles. The van der Waals surface area contributed by atoms with Gasteiger partial charge in [0.05, 0.1) is 26.4 Å². The molecule has 2 amide bonds. The number of carbonyl (C=O) groups is 2. The maximum Gasteiger partial charge on any atom is 0.334 e. The first-order valence-corrected chi connectivity index (χ1v) is 5.70. The van der Waals surface area contributed by atoms with Gasteiger partial charge in [0.1, 0.15) is 0 Å². The minimum atomic E-state index is -1.11. The molecule has 0 aromatic heterocycles. The third-order valence-electron chi connectivity index (χ3n) is 2.62. The Morgan fingerprint density at radius 3 is 2.39 bits per heavy atom. The molecular weight excluding hydrogens is 244 g/mol. The fraction of sp³-hybridized carbons (Fsp3) is 0.800. The third kappa shape index (κ3) is 3.83. The lowest BCUT2D eigenvalue weighted by molar-refractivity contribution is -0.154. The first-order valence-electron chi connectivity index (χ1n) is 5.70. The van der Waals surface area contributed by atoms with Crippen LogP contribution in [0.1, 0.15) is 0 Å². The highest BCUT2D eigenvalue weighted by Gasteiger charge is 2.30. The van der Waals surface area contributed by atoms with Gasteiger partial charge in [0.25, 0.3) is 0 Å². The zero-order valence-electron chi connectivity index (χ0n) is 9.99. The molecule has 3 N–H and O–H groups in total. The van der Waals surface area contributed by atoms with E-state index in [1.165, 1.54) is 9.80 Å². The van der Waals surface area contributed by atoms with Crippen molar-refractivity contribution in [3.63, 3.8) is 0 Å². The van der Waals surface area contributed by atoms with Crippen molar-refractivity contribution in [3.05, 3.63) is 0 Å². The molecule has 1 fully saturated rings. The first kappa shape index (κ1) is 14.7. The van der Waals surface area contributed by atoms with Crippen LogP contribution in [0.15, 0.2) is 0 Å². The molecule has 1 atom stereocenters. The second kappa shape index (κ2) is 7.14. The summed E-state index contributed by atoms with van der Waals surface area (Å²) in [6.07, 6.45) is -1.02. The van der Waals surface area contributed by atoms with E-state index in [1.807, 2.05) is 0 Å². The fourth-order valence-corrected chi connectivity index (χ4v) is 1.72. The van der Waals surface area contributed by atoms with Crippen molar-refractivity contribution >= 4 is 12.0 Å². The summed E-state index contributed by atoms with van der Waals surface area (Å²) in [5, 5.41) is 26.5. The predicted molar refractivity (Wildman–Crippen MR) is 60.1 cm³/mol. The molecule has 0 aromatic carbocycles. The number of hydrogen-bond donors (Lipinski definition) is 3. The number of carbonyl (C=O) groups excluding carboxylic acids is 1. The molecule has 1 rings (SSSR count). The van der Waals surface area contributed by atoms with E-state index in [0.29, 0.717) is 6.54 Å². The van der Waals surface area contributed by atoms with Crippen LogP contribution in [0.25, 0.3) is 0 Å². The number of aliphatic hydroxyl groups is 2. The Morgan fingerprint density at radius 2 is 1.89 bits per heavy atom. The average Bonchev–Trinajstić information content (AvgIpc) is 2.38. The van der Waals surface area contributed by atoms with Gasteiger partial charge in [-0.05, 0) is 0 Å². The predicted octanol–water partition coefficient (Wildman–Crippen LogP) is -1.82. The lowest BCUT2D eigenvalue weighted by Gasteiger charge is -2.34. The summed E-state index contributed by atoms with van der Waals surface area (Å²) < 4.78 is 5.01. The maximum absolute atomic E-state index is 12.0. The summed E-state index contributed by atoms with van der Waals surface area (Å²) >= 11 is 0. The second-order valence-electron chi connectivity index (χ2n) is 3.86. The number of urea groups is 1. The monoisotopic (exact) mass is 262 g/mol. The molecule has 18 heavy (non-hydrogen) atoms. The number of aliphatic carboxylic acids is 1. The van der Waals surface area contributed by atoms with Gasteiger partial charge in [-0.15, -0.1) is 0 Å². The molecule has 104 valence electrons. The molecule has 1 aliphatic rings. The van der Waals surface area contributed by atoms with Crippen LogP contribution in [0.3, 0.4) is 0 Å². The highest BCUT2D eigenvalue weighted by Crippen LogP contribution is 2.08. The van der Waals surface area contributed by atoms with Crippen molar-refractivity contribution in [2.24, 2.45) is 0 Å². The lowest BCUT2D eigenvalue weighted by atomic mass is 10.3. The number of carboxylic acids is 1. The standard InChI is InChI=1S/C10H18N2O6/c13-4-1-11(2-5-14)10(17)12-3-6-18-8(7-12)9(15)16/h8,13-14H,1-7H2,(H,15,16). The van der Waals surface area contributed by atoms with Crippen LogP contribution >= 0.6 is 0 Å². The summed E-state index contributed by atoms with van der Waals surface area (Å²) in [5.74, 6) is -1.11. The Balaban J connectivity index is 2.60. The Bertz CT molecular complexity index is 292.